The number of sulfonamides is 1. The van der Waals surface area contributed by atoms with E-state index in [2.05, 4.69) is 14.4 Å². The molecule has 31 heavy (non-hydrogen) atoms. The molecule has 7 nitrogen and oxygen atoms in total. The normalized spacial score (nSPS) is 23.6. The van der Waals surface area contributed by atoms with Crippen molar-refractivity contribution in [1.29, 1.82) is 0 Å². The van der Waals surface area contributed by atoms with E-state index in [1.807, 2.05) is 0 Å². The summed E-state index contributed by atoms with van der Waals surface area (Å²) in [6.07, 6.45) is -4.71. The molecule has 0 spiro atoms. The van der Waals surface area contributed by atoms with Crippen LogP contribution in [0.25, 0.3) is 10.6 Å². The number of nitrogens with zero attached hydrogens (tertiary/aromatic N) is 1. The van der Waals surface area contributed by atoms with Crippen molar-refractivity contribution in [3.05, 3.63) is 59.9 Å². The van der Waals surface area contributed by atoms with Gasteiger partial charge in [-0.2, -0.15) is 17.9 Å². The maximum atomic E-state index is 13.0. The molecule has 12 heteroatoms. The van der Waals surface area contributed by atoms with Gasteiger partial charge in [-0.1, -0.05) is 42.4 Å². The van der Waals surface area contributed by atoms with Crippen LogP contribution < -0.4 is 10.5 Å². The predicted molar refractivity (Wildman–Crippen MR) is 105 cm³/mol. The van der Waals surface area contributed by atoms with Crippen LogP contribution >= 0.6 is 11.3 Å². The zero-order chi connectivity index (χ0) is 22.6. The number of aromatic nitrogens is 1. The number of benzene rings is 1. The van der Waals surface area contributed by atoms with Crippen molar-refractivity contribution in [2.45, 2.75) is 28.8 Å². The van der Waals surface area contributed by atoms with Crippen LogP contribution in [-0.4, -0.2) is 25.0 Å². The van der Waals surface area contributed by atoms with E-state index in [0.29, 0.717) is 17.4 Å². The van der Waals surface area contributed by atoms with Gasteiger partial charge in [-0.3, -0.25) is 4.79 Å². The van der Waals surface area contributed by atoms with Crippen molar-refractivity contribution in [2.75, 3.05) is 0 Å². The molecule has 0 unspecified atom stereocenters. The van der Waals surface area contributed by atoms with Gasteiger partial charge in [-0.25, -0.2) is 8.42 Å². The molecule has 0 bridgehead atoms. The molecule has 1 aromatic carbocycles. The van der Waals surface area contributed by atoms with Gasteiger partial charge in [-0.05, 0) is 23.6 Å². The summed E-state index contributed by atoms with van der Waals surface area (Å²) in [5.74, 6) is -2.92. The number of halogens is 3. The standard InChI is InChI=1S/C19H16F3N3O4S2/c1-10-16(11-5-3-2-4-6-11)18(10,17(23)26)25-31(27,28)15-8-7-13(30-15)12-9-14(29-24-12)19(20,21)22/h2-10,16,25H,1H3,(H2,23,26)/t10-,16-,18+/m1/s1. The predicted octanol–water partition coefficient (Wildman–Crippen LogP) is 3.36. The fourth-order valence-corrected chi connectivity index (χ4v) is 6.49. The minimum Gasteiger partial charge on any atom is -0.368 e. The fraction of sp³-hybridized carbons (Fsp3) is 0.263. The number of alkyl halides is 3. The highest BCUT2D eigenvalue weighted by Gasteiger charge is 2.68. The van der Waals surface area contributed by atoms with E-state index in [1.165, 1.54) is 12.1 Å². The smallest absolute Gasteiger partial charge is 0.368 e. The highest BCUT2D eigenvalue weighted by atomic mass is 32.2. The molecule has 2 aromatic heterocycles. The monoisotopic (exact) mass is 471 g/mol. The Kier molecular flexibility index (Phi) is 4.98. The van der Waals surface area contributed by atoms with Crippen molar-refractivity contribution in [3.63, 3.8) is 0 Å². The van der Waals surface area contributed by atoms with Crippen molar-refractivity contribution >= 4 is 27.3 Å². The Morgan fingerprint density at radius 3 is 2.48 bits per heavy atom. The Labute approximate surface area is 179 Å². The maximum Gasteiger partial charge on any atom is 0.452 e. The van der Waals surface area contributed by atoms with Crippen LogP contribution in [0.1, 0.15) is 24.2 Å². The molecular weight excluding hydrogens is 455 g/mol. The molecule has 1 aliphatic carbocycles. The lowest BCUT2D eigenvalue weighted by atomic mass is 10.1. The van der Waals surface area contributed by atoms with Crippen LogP contribution in [0, 0.1) is 5.92 Å². The lowest BCUT2D eigenvalue weighted by molar-refractivity contribution is -0.155. The number of nitrogens with one attached hydrogen (secondary N) is 1. The summed E-state index contributed by atoms with van der Waals surface area (Å²) in [7, 11) is -4.20. The Bertz CT molecular complexity index is 1240. The van der Waals surface area contributed by atoms with E-state index in [4.69, 9.17) is 5.73 Å². The molecule has 1 aliphatic rings. The fourth-order valence-electron chi connectivity index (χ4n) is 3.76. The number of hydrogen-bond donors (Lipinski definition) is 2. The Balaban J connectivity index is 1.62. The number of hydrogen-bond acceptors (Lipinski definition) is 6. The first kappa shape index (κ1) is 21.5. The van der Waals surface area contributed by atoms with E-state index in [0.717, 1.165) is 5.56 Å². The first-order chi connectivity index (χ1) is 14.5. The molecule has 1 amide bonds. The molecule has 0 aliphatic heterocycles. The molecule has 164 valence electrons. The maximum absolute atomic E-state index is 13.0. The van der Waals surface area contributed by atoms with Gasteiger partial charge < -0.3 is 10.3 Å². The quantitative estimate of drug-likeness (QED) is 0.572. The van der Waals surface area contributed by atoms with Gasteiger partial charge >= 0.3 is 6.18 Å². The number of nitrogens with two attached hydrogens (primary N) is 1. The van der Waals surface area contributed by atoms with E-state index in [1.54, 1.807) is 37.3 Å². The number of carbonyl (C=O) groups is 1. The second kappa shape index (κ2) is 7.18. The largest absolute Gasteiger partial charge is 0.452 e. The van der Waals surface area contributed by atoms with Crippen LogP contribution in [0.5, 0.6) is 0 Å². The zero-order valence-electron chi connectivity index (χ0n) is 15.9. The highest BCUT2D eigenvalue weighted by molar-refractivity contribution is 7.91. The van der Waals surface area contributed by atoms with Gasteiger partial charge in [0.25, 0.3) is 10.0 Å². The van der Waals surface area contributed by atoms with Gasteiger partial charge in [0.2, 0.25) is 11.7 Å². The second-order valence-electron chi connectivity index (χ2n) is 7.21. The second-order valence-corrected chi connectivity index (χ2v) is 10.2. The Hall–Kier alpha value is -2.70. The molecule has 3 aromatic rings. The minimum absolute atomic E-state index is 0.148. The van der Waals surface area contributed by atoms with Gasteiger partial charge in [0.05, 0.1) is 4.88 Å². The number of primary amides is 1. The zero-order valence-corrected chi connectivity index (χ0v) is 17.5. The summed E-state index contributed by atoms with van der Waals surface area (Å²) in [5, 5.41) is 3.35. The molecule has 3 atom stereocenters. The lowest BCUT2D eigenvalue weighted by Gasteiger charge is -2.16. The van der Waals surface area contributed by atoms with Gasteiger partial charge in [0.1, 0.15) is 15.4 Å². The topological polar surface area (TPSA) is 115 Å². The molecule has 2 heterocycles. The molecule has 3 N–H and O–H groups in total. The summed E-state index contributed by atoms with van der Waals surface area (Å²) >= 11 is 0.703. The third-order valence-electron chi connectivity index (χ3n) is 5.36. The number of thiophene rings is 1. The summed E-state index contributed by atoms with van der Waals surface area (Å²) in [6, 6.07) is 12.2. The van der Waals surface area contributed by atoms with E-state index >= 15 is 0 Å². The van der Waals surface area contributed by atoms with Crippen molar-refractivity contribution in [2.24, 2.45) is 11.7 Å². The van der Waals surface area contributed by atoms with Gasteiger partial charge in [-0.15, -0.1) is 11.3 Å². The Morgan fingerprint density at radius 1 is 1.23 bits per heavy atom. The SMILES string of the molecule is C[C@@H]1[C@H](c2ccccc2)[C@]1(NS(=O)(=O)c1ccc(-c2cc(C(F)(F)F)on2)s1)C(N)=O. The van der Waals surface area contributed by atoms with E-state index < -0.39 is 39.3 Å². The van der Waals surface area contributed by atoms with E-state index in [-0.39, 0.29) is 20.7 Å². The summed E-state index contributed by atoms with van der Waals surface area (Å²) in [6.45, 7) is 1.72. The molecule has 0 radical (unpaired) electrons. The molecule has 1 fully saturated rings. The summed E-state index contributed by atoms with van der Waals surface area (Å²) < 4.78 is 70.7. The van der Waals surface area contributed by atoms with Crippen LogP contribution in [0.4, 0.5) is 13.2 Å². The number of carbonyl (C=O) groups excluding carboxylic acids is 1. The number of amides is 1. The van der Waals surface area contributed by atoms with E-state index in [9.17, 15) is 26.4 Å². The van der Waals surface area contributed by atoms with Crippen LogP contribution in [0.2, 0.25) is 0 Å². The van der Waals surface area contributed by atoms with Crippen LogP contribution in [-0.2, 0) is 21.0 Å². The van der Waals surface area contributed by atoms with Crippen molar-refractivity contribution in [1.82, 2.24) is 9.88 Å². The third kappa shape index (κ3) is 3.64. The molecular formula is C19H16F3N3O4S2. The van der Waals surface area contributed by atoms with Gasteiger partial charge in [0.15, 0.2) is 0 Å². The highest BCUT2D eigenvalue weighted by Crippen LogP contribution is 2.57. The average molecular weight is 471 g/mol. The van der Waals surface area contributed by atoms with Crippen LogP contribution in [0.3, 0.4) is 0 Å². The molecule has 4 rings (SSSR count). The molecule has 1 saturated carbocycles. The van der Waals surface area contributed by atoms with Crippen molar-refractivity contribution < 1.29 is 30.9 Å². The summed E-state index contributed by atoms with van der Waals surface area (Å²) in [5.41, 5.74) is 4.71. The minimum atomic E-state index is -4.71. The Morgan fingerprint density at radius 2 is 1.90 bits per heavy atom. The lowest BCUT2D eigenvalue weighted by Crippen LogP contribution is -2.49. The van der Waals surface area contributed by atoms with Crippen LogP contribution in [0.15, 0.2) is 57.3 Å². The molecule has 0 saturated heterocycles. The number of rotatable bonds is 6. The first-order valence-corrected chi connectivity index (χ1v) is 11.3. The first-order valence-electron chi connectivity index (χ1n) is 9.00. The average Bonchev–Trinajstić information content (AvgIpc) is 3.13. The summed E-state index contributed by atoms with van der Waals surface area (Å²) in [4.78, 5) is 12.4. The van der Waals surface area contributed by atoms with Crippen molar-refractivity contribution in [3.8, 4) is 10.6 Å². The third-order valence-corrected chi connectivity index (χ3v) is 8.44. The van der Waals surface area contributed by atoms with Gasteiger partial charge in [0, 0.05) is 12.0 Å².